The highest BCUT2D eigenvalue weighted by molar-refractivity contribution is 5.79. The number of aromatic hydroxyl groups is 1. The Kier molecular flexibility index (Phi) is 5.52. The molecule has 0 saturated carbocycles. The van der Waals surface area contributed by atoms with Crippen molar-refractivity contribution in [1.29, 1.82) is 0 Å². The van der Waals surface area contributed by atoms with Crippen LogP contribution in [0, 0.1) is 5.92 Å². The molecule has 2 aliphatic heterocycles. The Morgan fingerprint density at radius 1 is 1.48 bits per heavy atom. The summed E-state index contributed by atoms with van der Waals surface area (Å²) in [7, 11) is 3.83. The number of amides is 1. The fourth-order valence-corrected chi connectivity index (χ4v) is 6.75. The van der Waals surface area contributed by atoms with Crippen LogP contribution in [-0.4, -0.2) is 54.8 Å². The predicted octanol–water partition coefficient (Wildman–Crippen LogP) is 3.60. The van der Waals surface area contributed by atoms with E-state index in [9.17, 15) is 9.90 Å². The highest BCUT2D eigenvalue weighted by Gasteiger charge is 2.62. The molecule has 1 fully saturated rings. The van der Waals surface area contributed by atoms with E-state index in [4.69, 9.17) is 9.47 Å². The molecule has 5 unspecified atom stereocenters. The van der Waals surface area contributed by atoms with Gasteiger partial charge in [-0.15, -0.1) is 6.58 Å². The van der Waals surface area contributed by atoms with E-state index in [-0.39, 0.29) is 35.1 Å². The van der Waals surface area contributed by atoms with Gasteiger partial charge < -0.3 is 24.8 Å². The van der Waals surface area contributed by atoms with E-state index in [2.05, 4.69) is 29.9 Å². The lowest BCUT2D eigenvalue weighted by Gasteiger charge is -2.55. The quantitative estimate of drug-likeness (QED) is 0.648. The standard InChI is InChI=1S/C27H34N2O4/c1-5-20-21-15-18-9-10-22(30)25-24(18)27(20,11-12-29(21)3)26(33-25)16(2)28-23(31)14-17-7-6-8-19(13-17)32-4/h5,8-10,13,16,20-21,26,30H,1,6-7,11-12,14-15H2,2-4H3,(H,28,31). The molecule has 2 N–H and O–H groups in total. The molecule has 5 atom stereocenters. The van der Waals surface area contributed by atoms with Crippen LogP contribution in [0.1, 0.15) is 43.7 Å². The predicted molar refractivity (Wildman–Crippen MR) is 127 cm³/mol. The summed E-state index contributed by atoms with van der Waals surface area (Å²) in [5, 5.41) is 13.9. The van der Waals surface area contributed by atoms with Gasteiger partial charge in [0.1, 0.15) is 11.9 Å². The summed E-state index contributed by atoms with van der Waals surface area (Å²) >= 11 is 0. The van der Waals surface area contributed by atoms with Crippen LogP contribution in [0.4, 0.5) is 0 Å². The average Bonchev–Trinajstić information content (AvgIpc) is 3.15. The second-order valence-corrected chi connectivity index (χ2v) is 9.98. The van der Waals surface area contributed by atoms with E-state index in [1.54, 1.807) is 13.2 Å². The number of nitrogens with one attached hydrogen (secondary N) is 1. The number of carbonyl (C=O) groups excluding carboxylic acids is 1. The number of phenols is 1. The van der Waals surface area contributed by atoms with Gasteiger partial charge in [0, 0.05) is 29.4 Å². The molecular formula is C27H34N2O4. The van der Waals surface area contributed by atoms with E-state index in [0.29, 0.717) is 18.2 Å². The van der Waals surface area contributed by atoms with Crippen molar-refractivity contribution in [2.75, 3.05) is 20.7 Å². The lowest BCUT2D eigenvalue weighted by atomic mass is 9.55. The van der Waals surface area contributed by atoms with Crippen molar-refractivity contribution in [3.63, 3.8) is 0 Å². The number of carbonyl (C=O) groups is 1. The molecular weight excluding hydrogens is 416 g/mol. The number of hydrogen-bond donors (Lipinski definition) is 2. The Balaban J connectivity index is 1.44. The fourth-order valence-electron chi connectivity index (χ4n) is 6.75. The van der Waals surface area contributed by atoms with Crippen molar-refractivity contribution in [2.45, 2.75) is 62.6 Å². The molecule has 1 amide bonds. The molecule has 1 aromatic rings. The maximum absolute atomic E-state index is 13.0. The fraction of sp³-hybridized carbons (Fsp3) is 0.519. The SMILES string of the molecule is C=CC1C2Cc3ccc(O)c4c3C1(CCN2C)C(C(C)NC(=O)CC1=CC(OC)=CCC1)O4. The van der Waals surface area contributed by atoms with Gasteiger partial charge in [-0.2, -0.15) is 0 Å². The molecule has 4 aliphatic rings. The van der Waals surface area contributed by atoms with E-state index in [0.717, 1.165) is 49.1 Å². The molecule has 1 aromatic carbocycles. The number of hydrogen-bond acceptors (Lipinski definition) is 5. The zero-order valence-electron chi connectivity index (χ0n) is 19.8. The second kappa shape index (κ2) is 8.24. The van der Waals surface area contributed by atoms with Gasteiger partial charge in [0.05, 0.1) is 13.2 Å². The summed E-state index contributed by atoms with van der Waals surface area (Å²) in [6.45, 7) is 7.18. The smallest absolute Gasteiger partial charge is 0.224 e. The number of rotatable bonds is 6. The van der Waals surface area contributed by atoms with Crippen molar-refractivity contribution in [3.8, 4) is 11.5 Å². The Bertz CT molecular complexity index is 1040. The molecule has 33 heavy (non-hydrogen) atoms. The Labute approximate surface area is 195 Å². The summed E-state index contributed by atoms with van der Waals surface area (Å²) in [5.74, 6) is 1.77. The number of benzene rings is 1. The normalized spacial score (nSPS) is 30.9. The van der Waals surface area contributed by atoms with Crippen LogP contribution in [0.15, 0.2) is 48.3 Å². The van der Waals surface area contributed by atoms with E-state index >= 15 is 0 Å². The molecule has 6 heteroatoms. The number of piperidine rings is 1. The molecule has 1 saturated heterocycles. The Hall–Kier alpha value is -2.73. The van der Waals surface area contributed by atoms with Crippen molar-refractivity contribution < 1.29 is 19.4 Å². The van der Waals surface area contributed by atoms with Crippen LogP contribution < -0.4 is 10.1 Å². The number of allylic oxidation sites excluding steroid dienone is 2. The number of likely N-dealkylation sites (tertiary alicyclic amines) is 1. The van der Waals surface area contributed by atoms with Crippen molar-refractivity contribution in [2.24, 2.45) is 5.92 Å². The lowest BCUT2D eigenvalue weighted by molar-refractivity contribution is -0.122. The lowest BCUT2D eigenvalue weighted by Crippen LogP contribution is -2.64. The summed E-state index contributed by atoms with van der Waals surface area (Å²) in [5.41, 5.74) is 3.15. The van der Waals surface area contributed by atoms with E-state index < -0.39 is 0 Å². The zero-order valence-corrected chi connectivity index (χ0v) is 19.8. The molecule has 0 radical (unpaired) electrons. The van der Waals surface area contributed by atoms with Gasteiger partial charge in [-0.1, -0.05) is 17.7 Å². The van der Waals surface area contributed by atoms with E-state index in [1.807, 2.05) is 25.1 Å². The number of nitrogens with zero attached hydrogens (tertiary/aromatic N) is 1. The van der Waals surface area contributed by atoms with Crippen molar-refractivity contribution in [1.82, 2.24) is 10.2 Å². The van der Waals surface area contributed by atoms with Gasteiger partial charge in [-0.3, -0.25) is 4.79 Å². The van der Waals surface area contributed by atoms with Gasteiger partial charge in [-0.25, -0.2) is 0 Å². The third-order valence-electron chi connectivity index (χ3n) is 8.20. The average molecular weight is 451 g/mol. The molecule has 6 nitrogen and oxygen atoms in total. The summed E-state index contributed by atoms with van der Waals surface area (Å²) in [4.78, 5) is 15.4. The van der Waals surface area contributed by atoms with E-state index in [1.165, 1.54) is 5.56 Å². The van der Waals surface area contributed by atoms with Gasteiger partial charge in [0.15, 0.2) is 11.5 Å². The number of likely N-dealkylation sites (N-methyl/N-ethyl adjacent to an activating group) is 1. The molecule has 2 heterocycles. The van der Waals surface area contributed by atoms with Crippen LogP contribution in [-0.2, 0) is 21.4 Å². The second-order valence-electron chi connectivity index (χ2n) is 9.98. The van der Waals surface area contributed by atoms with Crippen LogP contribution in [0.25, 0.3) is 0 Å². The Morgan fingerprint density at radius 3 is 3.06 bits per heavy atom. The molecule has 5 rings (SSSR count). The van der Waals surface area contributed by atoms with Gasteiger partial charge in [0.25, 0.3) is 0 Å². The maximum Gasteiger partial charge on any atom is 0.224 e. The number of fused-ring (bicyclic) bond motifs is 1. The van der Waals surface area contributed by atoms with Gasteiger partial charge >= 0.3 is 0 Å². The minimum Gasteiger partial charge on any atom is -0.504 e. The number of phenolic OH excluding ortho intramolecular Hbond substituents is 1. The Morgan fingerprint density at radius 2 is 2.30 bits per heavy atom. The highest BCUT2D eigenvalue weighted by atomic mass is 16.5. The largest absolute Gasteiger partial charge is 0.504 e. The van der Waals surface area contributed by atoms with Gasteiger partial charge in [-0.05, 0) is 70.0 Å². The molecule has 0 aromatic heterocycles. The first-order valence-electron chi connectivity index (χ1n) is 12.0. The van der Waals surface area contributed by atoms with Crippen molar-refractivity contribution >= 4 is 5.91 Å². The number of ether oxygens (including phenoxy) is 2. The van der Waals surface area contributed by atoms with Crippen LogP contribution in [0.2, 0.25) is 0 Å². The molecule has 2 bridgehead atoms. The summed E-state index contributed by atoms with van der Waals surface area (Å²) < 4.78 is 11.8. The minimum atomic E-state index is -0.302. The van der Waals surface area contributed by atoms with Crippen molar-refractivity contribution in [3.05, 3.63) is 59.4 Å². The minimum absolute atomic E-state index is 0.0121. The first-order valence-corrected chi connectivity index (χ1v) is 12.0. The number of methoxy groups -OCH3 is 1. The summed E-state index contributed by atoms with van der Waals surface area (Å²) in [6.07, 6.45) is 9.74. The first-order chi connectivity index (χ1) is 15.9. The highest BCUT2D eigenvalue weighted by Crippen LogP contribution is 2.61. The third-order valence-corrected chi connectivity index (χ3v) is 8.20. The maximum atomic E-state index is 13.0. The topological polar surface area (TPSA) is 71.0 Å². The first kappa shape index (κ1) is 22.1. The van der Waals surface area contributed by atoms with Gasteiger partial charge in [0.2, 0.25) is 5.91 Å². The summed E-state index contributed by atoms with van der Waals surface area (Å²) in [6, 6.07) is 3.90. The van der Waals surface area contributed by atoms with Crippen LogP contribution in [0.5, 0.6) is 11.5 Å². The van der Waals surface area contributed by atoms with Crippen LogP contribution in [0.3, 0.4) is 0 Å². The monoisotopic (exact) mass is 450 g/mol. The van der Waals surface area contributed by atoms with Crippen LogP contribution >= 0.6 is 0 Å². The molecule has 2 aliphatic carbocycles. The molecule has 1 spiro atoms. The molecule has 176 valence electrons. The zero-order chi connectivity index (χ0) is 23.3. The third kappa shape index (κ3) is 3.38.